The maximum absolute atomic E-state index is 12.4. The van der Waals surface area contributed by atoms with Gasteiger partial charge in [-0.15, -0.1) is 11.3 Å². The number of rotatable bonds is 4. The Morgan fingerprint density at radius 3 is 2.76 bits per heavy atom. The van der Waals surface area contributed by atoms with Gasteiger partial charge in [0.2, 0.25) is 0 Å². The fourth-order valence-corrected chi connectivity index (χ4v) is 2.89. The van der Waals surface area contributed by atoms with Crippen LogP contribution in [-0.4, -0.2) is 10.9 Å². The van der Waals surface area contributed by atoms with Crippen LogP contribution >= 0.6 is 11.3 Å². The Morgan fingerprint density at radius 1 is 1.24 bits per heavy atom. The Balaban J connectivity index is 1.83. The number of carbonyl (C=O) groups excluding carboxylic acids is 1. The molecule has 0 unspecified atom stereocenters. The minimum absolute atomic E-state index is 0.129. The van der Waals surface area contributed by atoms with Gasteiger partial charge in [-0.25, -0.2) is 4.98 Å². The monoisotopic (exact) mass is 298 g/mol. The smallest absolute Gasteiger partial charge is 0.264 e. The molecule has 0 aliphatic heterocycles. The largest absolute Gasteiger partial charge is 0.467 e. The zero-order chi connectivity index (χ0) is 14.7. The van der Waals surface area contributed by atoms with Gasteiger partial charge in [0.25, 0.3) is 5.91 Å². The molecule has 5 heteroatoms. The molecule has 0 bridgehead atoms. The molecule has 3 rings (SSSR count). The summed E-state index contributed by atoms with van der Waals surface area (Å²) in [7, 11) is 0. The van der Waals surface area contributed by atoms with Gasteiger partial charge < -0.3 is 9.73 Å². The second-order valence-electron chi connectivity index (χ2n) is 4.54. The van der Waals surface area contributed by atoms with Crippen LogP contribution in [0, 0.1) is 6.92 Å². The molecule has 0 fully saturated rings. The molecule has 0 saturated carbocycles. The van der Waals surface area contributed by atoms with Crippen molar-refractivity contribution in [2.24, 2.45) is 0 Å². The zero-order valence-corrected chi connectivity index (χ0v) is 12.3. The summed E-state index contributed by atoms with van der Waals surface area (Å²) in [5.74, 6) is 0.599. The van der Waals surface area contributed by atoms with Crippen molar-refractivity contribution in [1.82, 2.24) is 10.3 Å². The molecular weight excluding hydrogens is 284 g/mol. The van der Waals surface area contributed by atoms with E-state index in [4.69, 9.17) is 4.42 Å². The first-order valence-corrected chi connectivity index (χ1v) is 7.39. The number of nitrogens with one attached hydrogen (secondary N) is 1. The molecule has 21 heavy (non-hydrogen) atoms. The lowest BCUT2D eigenvalue weighted by molar-refractivity contribution is 0.0952. The minimum Gasteiger partial charge on any atom is -0.467 e. The molecule has 0 atom stereocenters. The molecule has 3 aromatic rings. The predicted molar refractivity (Wildman–Crippen MR) is 82.2 cm³/mol. The molecule has 1 aromatic carbocycles. The Bertz CT molecular complexity index is 733. The number of hydrogen-bond acceptors (Lipinski definition) is 4. The quantitative estimate of drug-likeness (QED) is 0.800. The van der Waals surface area contributed by atoms with Gasteiger partial charge in [-0.3, -0.25) is 4.79 Å². The highest BCUT2D eigenvalue weighted by atomic mass is 32.1. The molecule has 0 spiro atoms. The van der Waals surface area contributed by atoms with Crippen molar-refractivity contribution in [2.45, 2.75) is 13.5 Å². The van der Waals surface area contributed by atoms with Crippen LogP contribution in [0.3, 0.4) is 0 Å². The van der Waals surface area contributed by atoms with Crippen molar-refractivity contribution in [3.05, 3.63) is 64.4 Å². The van der Waals surface area contributed by atoms with E-state index >= 15 is 0 Å². The fraction of sp³-hybridized carbons (Fsp3) is 0.125. The normalized spacial score (nSPS) is 10.5. The van der Waals surface area contributed by atoms with E-state index in [1.165, 1.54) is 11.3 Å². The number of furan rings is 1. The van der Waals surface area contributed by atoms with Gasteiger partial charge in [-0.2, -0.15) is 0 Å². The molecule has 0 aliphatic carbocycles. The van der Waals surface area contributed by atoms with Crippen molar-refractivity contribution in [1.29, 1.82) is 0 Å². The highest BCUT2D eigenvalue weighted by molar-refractivity contribution is 7.14. The number of aryl methyl sites for hydroxylation is 1. The van der Waals surface area contributed by atoms with Crippen LogP contribution < -0.4 is 5.32 Å². The molecule has 0 aliphatic rings. The van der Waals surface area contributed by atoms with Gasteiger partial charge in [-0.1, -0.05) is 30.3 Å². The van der Waals surface area contributed by atoms with E-state index in [0.29, 0.717) is 11.4 Å². The van der Waals surface area contributed by atoms with E-state index in [0.717, 1.165) is 22.0 Å². The van der Waals surface area contributed by atoms with Crippen molar-refractivity contribution in [2.75, 3.05) is 0 Å². The summed E-state index contributed by atoms with van der Waals surface area (Å²) in [6, 6.07) is 13.4. The number of aromatic nitrogens is 1. The van der Waals surface area contributed by atoms with E-state index in [1.807, 2.05) is 43.3 Å². The summed E-state index contributed by atoms with van der Waals surface area (Å²) >= 11 is 1.40. The average Bonchev–Trinajstić information content (AvgIpc) is 3.15. The lowest BCUT2D eigenvalue weighted by atomic mass is 10.1. The third kappa shape index (κ3) is 3.03. The van der Waals surface area contributed by atoms with Crippen molar-refractivity contribution < 1.29 is 9.21 Å². The van der Waals surface area contributed by atoms with Gasteiger partial charge in [-0.05, 0) is 19.1 Å². The lowest BCUT2D eigenvalue weighted by Crippen LogP contribution is -2.22. The number of hydrogen-bond donors (Lipinski definition) is 1. The third-order valence-electron chi connectivity index (χ3n) is 2.99. The van der Waals surface area contributed by atoms with Crippen LogP contribution in [0.4, 0.5) is 0 Å². The molecule has 2 aromatic heterocycles. The summed E-state index contributed by atoms with van der Waals surface area (Å²) in [5, 5.41) is 3.73. The van der Waals surface area contributed by atoms with Crippen molar-refractivity contribution in [3.63, 3.8) is 0 Å². The Kier molecular flexibility index (Phi) is 3.83. The van der Waals surface area contributed by atoms with Crippen LogP contribution in [0.15, 0.2) is 53.1 Å². The number of thiazole rings is 1. The fourth-order valence-electron chi connectivity index (χ4n) is 2.03. The highest BCUT2D eigenvalue weighted by Gasteiger charge is 2.18. The number of carbonyl (C=O) groups is 1. The summed E-state index contributed by atoms with van der Waals surface area (Å²) in [6.07, 6.45) is 1.59. The molecule has 1 amide bonds. The number of nitrogens with zero attached hydrogens (tertiary/aromatic N) is 1. The van der Waals surface area contributed by atoms with Crippen molar-refractivity contribution in [3.8, 4) is 11.3 Å². The zero-order valence-electron chi connectivity index (χ0n) is 11.5. The first-order chi connectivity index (χ1) is 10.2. The molecular formula is C16H14N2O2S. The second kappa shape index (κ2) is 5.93. The molecule has 0 saturated heterocycles. The maximum Gasteiger partial charge on any atom is 0.264 e. The van der Waals surface area contributed by atoms with Crippen LogP contribution in [0.2, 0.25) is 0 Å². The van der Waals surface area contributed by atoms with Gasteiger partial charge in [0, 0.05) is 5.56 Å². The Labute approximate surface area is 126 Å². The SMILES string of the molecule is Cc1nc(-c2ccccc2)c(C(=O)NCc2ccco2)s1. The summed E-state index contributed by atoms with van der Waals surface area (Å²) in [6.45, 7) is 2.28. The standard InChI is InChI=1S/C16H14N2O2S/c1-11-18-14(12-6-3-2-4-7-12)15(21-11)16(19)17-10-13-8-5-9-20-13/h2-9H,10H2,1H3,(H,17,19). The molecule has 1 N–H and O–H groups in total. The van der Waals surface area contributed by atoms with Gasteiger partial charge in [0.1, 0.15) is 10.6 Å². The van der Waals surface area contributed by atoms with Gasteiger partial charge in [0.15, 0.2) is 0 Å². The number of benzene rings is 1. The first-order valence-electron chi connectivity index (χ1n) is 6.57. The van der Waals surface area contributed by atoms with Gasteiger partial charge in [0.05, 0.1) is 23.5 Å². The Hall–Kier alpha value is -2.40. The highest BCUT2D eigenvalue weighted by Crippen LogP contribution is 2.27. The molecule has 2 heterocycles. The summed E-state index contributed by atoms with van der Waals surface area (Å²) in [4.78, 5) is 17.5. The topological polar surface area (TPSA) is 55.1 Å². The van der Waals surface area contributed by atoms with Gasteiger partial charge >= 0.3 is 0 Å². The van der Waals surface area contributed by atoms with Crippen LogP contribution in [0.1, 0.15) is 20.4 Å². The van der Waals surface area contributed by atoms with E-state index in [2.05, 4.69) is 10.3 Å². The second-order valence-corrected chi connectivity index (χ2v) is 5.74. The summed E-state index contributed by atoms with van der Waals surface area (Å²) < 4.78 is 5.21. The summed E-state index contributed by atoms with van der Waals surface area (Å²) in [5.41, 5.74) is 1.68. The maximum atomic E-state index is 12.4. The number of amides is 1. The molecule has 106 valence electrons. The third-order valence-corrected chi connectivity index (χ3v) is 3.96. The van der Waals surface area contributed by atoms with Crippen LogP contribution in [-0.2, 0) is 6.54 Å². The predicted octanol–water partition coefficient (Wildman–Crippen LogP) is 3.64. The molecule has 4 nitrogen and oxygen atoms in total. The van der Waals surface area contributed by atoms with E-state index < -0.39 is 0 Å². The van der Waals surface area contributed by atoms with E-state index in [9.17, 15) is 4.79 Å². The lowest BCUT2D eigenvalue weighted by Gasteiger charge is -2.03. The van der Waals surface area contributed by atoms with Crippen LogP contribution in [0.5, 0.6) is 0 Å². The Morgan fingerprint density at radius 2 is 2.05 bits per heavy atom. The first kappa shape index (κ1) is 13.6. The molecule has 0 radical (unpaired) electrons. The van der Waals surface area contributed by atoms with E-state index in [1.54, 1.807) is 12.3 Å². The van der Waals surface area contributed by atoms with E-state index in [-0.39, 0.29) is 5.91 Å². The van der Waals surface area contributed by atoms with Crippen LogP contribution in [0.25, 0.3) is 11.3 Å². The van der Waals surface area contributed by atoms with Crippen molar-refractivity contribution >= 4 is 17.2 Å². The minimum atomic E-state index is -0.129. The average molecular weight is 298 g/mol.